The summed E-state index contributed by atoms with van der Waals surface area (Å²) in [4.78, 5) is 13.9. The van der Waals surface area contributed by atoms with Gasteiger partial charge in [0.2, 0.25) is 0 Å². The van der Waals surface area contributed by atoms with E-state index in [1.54, 1.807) is 6.07 Å². The van der Waals surface area contributed by atoms with Crippen LogP contribution < -0.4 is 20.7 Å². The highest BCUT2D eigenvalue weighted by atomic mass is 32.1. The van der Waals surface area contributed by atoms with Gasteiger partial charge in [0.05, 0.1) is 29.7 Å². The highest BCUT2D eigenvalue weighted by Crippen LogP contribution is 2.49. The maximum absolute atomic E-state index is 17.2. The second kappa shape index (κ2) is 9.90. The van der Waals surface area contributed by atoms with E-state index in [9.17, 15) is 9.65 Å². The molecule has 9 rings (SSSR count). The normalized spacial score (nSPS) is 27.2. The van der Waals surface area contributed by atoms with Crippen molar-refractivity contribution < 1.29 is 22.6 Å². The largest absolute Gasteiger partial charge is 0.461 e. The number of fused-ring (bicyclic) bond motifs is 7. The Labute approximate surface area is 260 Å². The molecule has 0 amide bonds. The van der Waals surface area contributed by atoms with Crippen LogP contribution in [0.25, 0.3) is 32.1 Å². The van der Waals surface area contributed by atoms with E-state index >= 15 is 8.78 Å². The van der Waals surface area contributed by atoms with E-state index in [1.807, 2.05) is 0 Å². The van der Waals surface area contributed by atoms with Crippen LogP contribution in [-0.2, 0) is 18.0 Å². The number of benzene rings is 2. The number of rotatable bonds is 5. The van der Waals surface area contributed by atoms with Gasteiger partial charge in [0.15, 0.2) is 5.82 Å². The van der Waals surface area contributed by atoms with Crippen LogP contribution in [-0.4, -0.2) is 71.4 Å². The van der Waals surface area contributed by atoms with Gasteiger partial charge >= 0.3 is 6.01 Å². The summed E-state index contributed by atoms with van der Waals surface area (Å²) in [5, 5.41) is 14.4. The van der Waals surface area contributed by atoms with Gasteiger partial charge in [-0.2, -0.15) is 15.2 Å². The van der Waals surface area contributed by atoms with Crippen molar-refractivity contribution in [1.29, 1.82) is 5.26 Å². The summed E-state index contributed by atoms with van der Waals surface area (Å²) in [6.45, 7) is 3.20. The van der Waals surface area contributed by atoms with E-state index in [4.69, 9.17) is 20.2 Å². The smallest absolute Gasteiger partial charge is 0.319 e. The molecule has 0 aliphatic carbocycles. The first-order valence-corrected chi connectivity index (χ1v) is 16.2. The summed E-state index contributed by atoms with van der Waals surface area (Å²) in [5.41, 5.74) is 7.07. The molecule has 9 nitrogen and oxygen atoms in total. The molecule has 0 saturated carbocycles. The van der Waals surface area contributed by atoms with Crippen LogP contribution in [0.4, 0.5) is 24.0 Å². The number of nitriles is 1. The van der Waals surface area contributed by atoms with Crippen molar-refractivity contribution in [2.45, 2.75) is 62.7 Å². The maximum Gasteiger partial charge on any atom is 0.319 e. The van der Waals surface area contributed by atoms with E-state index in [1.165, 1.54) is 6.07 Å². The number of nitrogens with two attached hydrogens (primary N) is 1. The summed E-state index contributed by atoms with van der Waals surface area (Å²) in [5.74, 6) is -0.811. The molecule has 4 aromatic rings. The molecular weight excluding hydrogens is 603 g/mol. The van der Waals surface area contributed by atoms with E-state index in [0.29, 0.717) is 40.0 Å². The van der Waals surface area contributed by atoms with Gasteiger partial charge in [0.1, 0.15) is 41.0 Å². The molecule has 5 aliphatic rings. The fraction of sp³-hybridized carbons (Fsp3) is 0.469. The number of alkyl halides is 1. The van der Waals surface area contributed by atoms with Gasteiger partial charge in [-0.05, 0) is 49.1 Å². The minimum absolute atomic E-state index is 0.0128. The predicted octanol–water partition coefficient (Wildman–Crippen LogP) is 4.78. The fourth-order valence-corrected chi connectivity index (χ4v) is 9.45. The van der Waals surface area contributed by atoms with Gasteiger partial charge in [0.25, 0.3) is 0 Å². The lowest BCUT2D eigenvalue weighted by Gasteiger charge is -2.54. The Morgan fingerprint density at radius 1 is 1.16 bits per heavy atom. The summed E-state index contributed by atoms with van der Waals surface area (Å²) >= 11 is 1.16. The van der Waals surface area contributed by atoms with Crippen LogP contribution >= 0.6 is 11.3 Å². The molecule has 13 heteroatoms. The van der Waals surface area contributed by atoms with Crippen LogP contribution in [0.1, 0.15) is 42.4 Å². The van der Waals surface area contributed by atoms with Gasteiger partial charge < -0.3 is 25.4 Å². The van der Waals surface area contributed by atoms with Crippen LogP contribution in [0.3, 0.4) is 0 Å². The average molecular weight is 634 g/mol. The number of halogens is 3. The number of hydrogen-bond acceptors (Lipinski definition) is 10. The monoisotopic (exact) mass is 633 g/mol. The van der Waals surface area contributed by atoms with E-state index in [-0.39, 0.29) is 70.5 Å². The lowest BCUT2D eigenvalue weighted by atomic mass is 9.86. The Morgan fingerprint density at radius 3 is 2.78 bits per heavy atom. The summed E-state index contributed by atoms with van der Waals surface area (Å²) in [6.07, 6.45) is 2.23. The molecule has 2 aromatic heterocycles. The predicted molar refractivity (Wildman–Crippen MR) is 164 cm³/mol. The number of piperazine rings is 1. The highest BCUT2D eigenvalue weighted by Gasteiger charge is 2.50. The van der Waals surface area contributed by atoms with Gasteiger partial charge in [-0.1, -0.05) is 0 Å². The van der Waals surface area contributed by atoms with Crippen molar-refractivity contribution in [2.75, 3.05) is 43.4 Å². The molecule has 45 heavy (non-hydrogen) atoms. The van der Waals surface area contributed by atoms with Crippen molar-refractivity contribution in [3.05, 3.63) is 40.5 Å². The first-order chi connectivity index (χ1) is 21.9. The molecule has 0 spiro atoms. The lowest BCUT2D eigenvalue weighted by Crippen LogP contribution is -2.68. The standard InChI is InChI=1S/C32H30F3N7O2S/c33-15-7-32(4-1-5-41(32)11-15)14-44-31-39-28-25(30(40-31)42-16-6-17(42)10-38-9-16)20-13-43-12-19(20)24(27(28)35)26-21(34)2-3-22-23(26)18(8-36)29(37)45-22/h2-3,15-17,38H,1,4-7,9-14,37H2/t15-,16?,17?,32-/m1/s1. The first kappa shape index (κ1) is 27.6. The number of anilines is 2. The number of nitrogens with one attached hydrogen (secondary N) is 1. The summed E-state index contributed by atoms with van der Waals surface area (Å²) in [6, 6.07) is 5.30. The van der Waals surface area contributed by atoms with Gasteiger partial charge in [-0.15, -0.1) is 11.3 Å². The quantitative estimate of drug-likeness (QED) is 0.321. The molecular formula is C32H30F3N7O2S. The van der Waals surface area contributed by atoms with E-state index in [0.717, 1.165) is 50.2 Å². The van der Waals surface area contributed by atoms with Gasteiger partial charge in [0, 0.05) is 59.4 Å². The number of ether oxygens (including phenoxy) is 2. The SMILES string of the molecule is N#Cc1c(N)sc2ccc(F)c(-c3c4c(c5c(N6C7CNCC6C7)nc(OC[C@]67CCCN6C[C@H](F)C7)nc5c3F)COC4)c12. The van der Waals surface area contributed by atoms with E-state index < -0.39 is 23.3 Å². The molecule has 0 radical (unpaired) electrons. The van der Waals surface area contributed by atoms with Crippen LogP contribution in [0, 0.1) is 23.0 Å². The number of piperidine rings is 1. The molecule has 4 saturated heterocycles. The van der Waals surface area contributed by atoms with E-state index in [2.05, 4.69) is 26.2 Å². The van der Waals surface area contributed by atoms with Crippen LogP contribution in [0.15, 0.2) is 12.1 Å². The molecule has 5 aliphatic heterocycles. The molecule has 2 unspecified atom stereocenters. The molecule has 3 N–H and O–H groups in total. The molecule has 4 atom stereocenters. The number of hydrogen-bond donors (Lipinski definition) is 2. The zero-order valence-electron chi connectivity index (χ0n) is 24.3. The molecule has 2 bridgehead atoms. The second-order valence-electron chi connectivity index (χ2n) is 12.9. The number of aromatic nitrogens is 2. The topological polar surface area (TPSA) is 113 Å². The van der Waals surface area contributed by atoms with Gasteiger partial charge in [-0.3, -0.25) is 4.90 Å². The third kappa shape index (κ3) is 3.89. The van der Waals surface area contributed by atoms with Crippen molar-refractivity contribution in [1.82, 2.24) is 20.2 Å². The molecule has 4 fully saturated rings. The van der Waals surface area contributed by atoms with Crippen LogP contribution in [0.2, 0.25) is 0 Å². The minimum Gasteiger partial charge on any atom is -0.461 e. The lowest BCUT2D eigenvalue weighted by molar-refractivity contribution is 0.107. The summed E-state index contributed by atoms with van der Waals surface area (Å²) in [7, 11) is 0. The fourth-order valence-electron chi connectivity index (χ4n) is 8.52. The second-order valence-corrected chi connectivity index (χ2v) is 14.0. The molecule has 232 valence electrons. The Kier molecular flexibility index (Phi) is 6.07. The first-order valence-electron chi connectivity index (χ1n) is 15.4. The third-order valence-electron chi connectivity index (χ3n) is 10.5. The van der Waals surface area contributed by atoms with Crippen molar-refractivity contribution in [3.8, 4) is 23.2 Å². The molecule has 7 heterocycles. The zero-order chi connectivity index (χ0) is 30.6. The van der Waals surface area contributed by atoms with Crippen LogP contribution in [0.5, 0.6) is 6.01 Å². The zero-order valence-corrected chi connectivity index (χ0v) is 25.2. The Bertz CT molecular complexity index is 1950. The maximum atomic E-state index is 17.2. The number of nitrogen functional groups attached to an aromatic ring is 1. The number of nitrogens with zero attached hydrogens (tertiary/aromatic N) is 5. The average Bonchev–Trinajstić information content (AvgIpc) is 3.79. The van der Waals surface area contributed by atoms with Crippen molar-refractivity contribution in [2.24, 2.45) is 0 Å². The third-order valence-corrected chi connectivity index (χ3v) is 11.5. The Hall–Kier alpha value is -3.70. The Balaban J connectivity index is 1.27. The highest BCUT2D eigenvalue weighted by molar-refractivity contribution is 7.23. The summed E-state index contributed by atoms with van der Waals surface area (Å²) < 4.78 is 60.4. The Morgan fingerprint density at radius 2 is 1.98 bits per heavy atom. The minimum atomic E-state index is -0.917. The van der Waals surface area contributed by atoms with Crippen molar-refractivity contribution in [3.63, 3.8) is 0 Å². The molecule has 2 aromatic carbocycles. The number of thiophene rings is 1. The van der Waals surface area contributed by atoms with Crippen molar-refractivity contribution >= 4 is 43.1 Å². The van der Waals surface area contributed by atoms with Gasteiger partial charge in [-0.25, -0.2) is 13.2 Å².